The predicted molar refractivity (Wildman–Crippen MR) is 142 cm³/mol. The molecule has 5 rings (SSSR count). The molecule has 35 heavy (non-hydrogen) atoms. The van der Waals surface area contributed by atoms with Crippen molar-refractivity contribution >= 4 is 55.3 Å². The minimum Gasteiger partial charge on any atom is -0.497 e. The van der Waals surface area contributed by atoms with Crippen molar-refractivity contribution in [1.82, 2.24) is 14.5 Å². The lowest BCUT2D eigenvalue weighted by Crippen LogP contribution is -2.23. The lowest BCUT2D eigenvalue weighted by molar-refractivity contribution is -0.113. The Balaban J connectivity index is 1.42. The van der Waals surface area contributed by atoms with E-state index in [1.807, 2.05) is 54.6 Å². The zero-order chi connectivity index (χ0) is 24.4. The first-order chi connectivity index (χ1) is 17.1. The van der Waals surface area contributed by atoms with E-state index in [9.17, 15) is 9.59 Å². The molecule has 0 bridgehead atoms. The molecule has 7 nitrogen and oxygen atoms in total. The van der Waals surface area contributed by atoms with Crippen LogP contribution in [0.1, 0.15) is 12.5 Å². The summed E-state index contributed by atoms with van der Waals surface area (Å²) >= 11 is 2.60. The molecule has 1 amide bonds. The molecule has 0 radical (unpaired) electrons. The molecule has 9 heteroatoms. The second kappa shape index (κ2) is 9.89. The normalized spacial score (nSPS) is 11.1. The van der Waals surface area contributed by atoms with E-state index >= 15 is 0 Å². The summed E-state index contributed by atoms with van der Waals surface area (Å²) in [4.78, 5) is 35.3. The Morgan fingerprint density at radius 2 is 1.86 bits per heavy atom. The highest BCUT2D eigenvalue weighted by Crippen LogP contribution is 2.29. The van der Waals surface area contributed by atoms with Crippen LogP contribution in [0.4, 0.5) is 5.13 Å². The van der Waals surface area contributed by atoms with E-state index < -0.39 is 0 Å². The van der Waals surface area contributed by atoms with Crippen LogP contribution >= 0.6 is 23.1 Å². The predicted octanol–water partition coefficient (Wildman–Crippen LogP) is 5.30. The molecule has 2 heterocycles. The number of nitrogens with zero attached hydrogens (tertiary/aromatic N) is 3. The van der Waals surface area contributed by atoms with Crippen LogP contribution in [-0.4, -0.2) is 33.3 Å². The van der Waals surface area contributed by atoms with Crippen molar-refractivity contribution in [1.29, 1.82) is 0 Å². The van der Waals surface area contributed by atoms with Gasteiger partial charge in [-0.05, 0) is 54.4 Å². The molecule has 0 atom stereocenters. The van der Waals surface area contributed by atoms with Crippen molar-refractivity contribution in [2.24, 2.45) is 0 Å². The van der Waals surface area contributed by atoms with Crippen molar-refractivity contribution in [3.05, 3.63) is 82.6 Å². The second-order valence-electron chi connectivity index (χ2n) is 7.76. The minimum atomic E-state index is -0.226. The van der Waals surface area contributed by atoms with Crippen molar-refractivity contribution in [2.75, 3.05) is 18.2 Å². The fourth-order valence-electron chi connectivity index (χ4n) is 3.69. The van der Waals surface area contributed by atoms with Crippen LogP contribution in [0.5, 0.6) is 5.75 Å². The van der Waals surface area contributed by atoms with Crippen LogP contribution in [0.25, 0.3) is 26.8 Å². The molecule has 176 valence electrons. The smallest absolute Gasteiger partial charge is 0.266 e. The van der Waals surface area contributed by atoms with Gasteiger partial charge in [0.15, 0.2) is 10.3 Å². The summed E-state index contributed by atoms with van der Waals surface area (Å²) in [5, 5.41) is 4.36. The SMILES string of the molecule is CCc1ccc(-n2c(SCC(=O)Nc3nc4ccc(OC)cc4s3)nc3ccccc3c2=O)cc1. The van der Waals surface area contributed by atoms with Crippen LogP contribution in [-0.2, 0) is 11.2 Å². The minimum absolute atomic E-state index is 0.0804. The summed E-state index contributed by atoms with van der Waals surface area (Å²) < 4.78 is 7.75. The number of thiazole rings is 1. The van der Waals surface area contributed by atoms with Crippen molar-refractivity contribution < 1.29 is 9.53 Å². The Bertz CT molecular complexity index is 1590. The number of rotatable bonds is 7. The summed E-state index contributed by atoms with van der Waals surface area (Å²) in [5.74, 6) is 0.593. The maximum absolute atomic E-state index is 13.4. The highest BCUT2D eigenvalue weighted by Gasteiger charge is 2.16. The van der Waals surface area contributed by atoms with E-state index in [1.165, 1.54) is 28.7 Å². The van der Waals surface area contributed by atoms with Gasteiger partial charge in [0.1, 0.15) is 5.75 Å². The number of hydrogen-bond acceptors (Lipinski definition) is 7. The number of methoxy groups -OCH3 is 1. The van der Waals surface area contributed by atoms with Crippen LogP contribution in [0, 0.1) is 0 Å². The largest absolute Gasteiger partial charge is 0.497 e. The maximum Gasteiger partial charge on any atom is 0.266 e. The first kappa shape index (κ1) is 23.1. The molecule has 3 aromatic carbocycles. The van der Waals surface area contributed by atoms with Crippen LogP contribution in [0.2, 0.25) is 0 Å². The number of amides is 1. The Morgan fingerprint density at radius 1 is 1.06 bits per heavy atom. The molecule has 2 aromatic heterocycles. The molecule has 5 aromatic rings. The van der Waals surface area contributed by atoms with E-state index in [0.717, 1.165) is 22.4 Å². The van der Waals surface area contributed by atoms with E-state index in [2.05, 4.69) is 17.2 Å². The first-order valence-corrected chi connectivity index (χ1v) is 12.8. The van der Waals surface area contributed by atoms with Crippen molar-refractivity contribution in [2.45, 2.75) is 18.5 Å². The average Bonchev–Trinajstić information content (AvgIpc) is 3.29. The molecular formula is C26H22N4O3S2. The molecule has 0 aliphatic carbocycles. The molecule has 0 spiro atoms. The van der Waals surface area contributed by atoms with Gasteiger partial charge in [-0.15, -0.1) is 0 Å². The maximum atomic E-state index is 13.4. The van der Waals surface area contributed by atoms with Gasteiger partial charge in [0.05, 0.1) is 39.7 Å². The molecule has 0 saturated heterocycles. The van der Waals surface area contributed by atoms with E-state index in [-0.39, 0.29) is 17.2 Å². The summed E-state index contributed by atoms with van der Waals surface area (Å²) in [5.41, 5.74) is 3.12. The number of aryl methyl sites for hydroxylation is 1. The molecular weight excluding hydrogens is 480 g/mol. The third-order valence-corrected chi connectivity index (χ3v) is 7.39. The molecule has 0 fully saturated rings. The summed E-state index contributed by atoms with van der Waals surface area (Å²) in [6.07, 6.45) is 0.908. The third-order valence-electron chi connectivity index (χ3n) is 5.52. The van der Waals surface area contributed by atoms with Crippen molar-refractivity contribution in [3.63, 3.8) is 0 Å². The quantitative estimate of drug-likeness (QED) is 0.240. The van der Waals surface area contributed by atoms with Gasteiger partial charge in [-0.1, -0.05) is 54.3 Å². The number of aromatic nitrogens is 3. The molecule has 0 saturated carbocycles. The number of hydrogen-bond donors (Lipinski definition) is 1. The average molecular weight is 503 g/mol. The number of carbonyl (C=O) groups is 1. The summed E-state index contributed by atoms with van der Waals surface area (Å²) in [6.45, 7) is 2.08. The fraction of sp³-hybridized carbons (Fsp3) is 0.154. The highest BCUT2D eigenvalue weighted by atomic mass is 32.2. The van der Waals surface area contributed by atoms with E-state index in [0.29, 0.717) is 26.9 Å². The zero-order valence-corrected chi connectivity index (χ0v) is 20.8. The van der Waals surface area contributed by atoms with Crippen LogP contribution in [0.3, 0.4) is 0 Å². The standard InChI is InChI=1S/C26H22N4O3S2/c1-3-16-8-10-17(11-9-16)30-24(32)19-6-4-5-7-20(19)28-26(30)34-15-23(31)29-25-27-21-13-12-18(33-2)14-22(21)35-25/h4-14H,3,15H2,1-2H3,(H,27,29,31). The number of ether oxygens (including phenoxy) is 1. The number of para-hydroxylation sites is 1. The second-order valence-corrected chi connectivity index (χ2v) is 9.73. The van der Waals surface area contributed by atoms with E-state index in [1.54, 1.807) is 23.8 Å². The van der Waals surface area contributed by atoms with Crippen LogP contribution < -0.4 is 15.6 Å². The third kappa shape index (κ3) is 4.78. The lowest BCUT2D eigenvalue weighted by atomic mass is 10.1. The number of nitrogens with one attached hydrogen (secondary N) is 1. The topological polar surface area (TPSA) is 86.1 Å². The zero-order valence-electron chi connectivity index (χ0n) is 19.1. The Labute approximate surface area is 209 Å². The van der Waals surface area contributed by atoms with Gasteiger partial charge in [-0.3, -0.25) is 14.2 Å². The van der Waals surface area contributed by atoms with Crippen LogP contribution in [0.15, 0.2) is 76.7 Å². The van der Waals surface area contributed by atoms with Crippen molar-refractivity contribution in [3.8, 4) is 11.4 Å². The Hall–Kier alpha value is -3.69. The summed E-state index contributed by atoms with van der Waals surface area (Å²) in [6, 6.07) is 20.7. The molecule has 1 N–H and O–H groups in total. The Morgan fingerprint density at radius 3 is 2.63 bits per heavy atom. The van der Waals surface area contributed by atoms with Gasteiger partial charge in [0, 0.05) is 0 Å². The number of benzene rings is 3. The van der Waals surface area contributed by atoms with Gasteiger partial charge in [-0.2, -0.15) is 0 Å². The number of anilines is 1. The fourth-order valence-corrected chi connectivity index (χ4v) is 5.41. The first-order valence-electron chi connectivity index (χ1n) is 11.0. The van der Waals surface area contributed by atoms with Gasteiger partial charge in [0.25, 0.3) is 5.56 Å². The van der Waals surface area contributed by atoms with Gasteiger partial charge >= 0.3 is 0 Å². The van der Waals surface area contributed by atoms with Gasteiger partial charge in [-0.25, -0.2) is 9.97 Å². The Kier molecular flexibility index (Phi) is 6.52. The van der Waals surface area contributed by atoms with Gasteiger partial charge in [0.2, 0.25) is 5.91 Å². The molecule has 0 aliphatic rings. The summed E-state index contributed by atoms with van der Waals surface area (Å²) in [7, 11) is 1.61. The molecule has 0 aliphatic heterocycles. The van der Waals surface area contributed by atoms with E-state index in [4.69, 9.17) is 9.72 Å². The highest BCUT2D eigenvalue weighted by molar-refractivity contribution is 7.99. The lowest BCUT2D eigenvalue weighted by Gasteiger charge is -2.13. The number of thioether (sulfide) groups is 1. The monoisotopic (exact) mass is 502 g/mol. The molecule has 0 unspecified atom stereocenters. The number of carbonyl (C=O) groups excluding carboxylic acids is 1. The van der Waals surface area contributed by atoms with Gasteiger partial charge < -0.3 is 10.1 Å². The number of fused-ring (bicyclic) bond motifs is 2.